The number of benzene rings is 2. The lowest BCUT2D eigenvalue weighted by Gasteiger charge is -2.35. The Labute approximate surface area is 199 Å². The van der Waals surface area contributed by atoms with Crippen LogP contribution in [0.4, 0.5) is 5.69 Å². The molecule has 0 aromatic heterocycles. The van der Waals surface area contributed by atoms with E-state index in [1.54, 1.807) is 24.0 Å². The topological polar surface area (TPSA) is 79.4 Å². The molecule has 178 valence electrons. The van der Waals surface area contributed by atoms with Gasteiger partial charge < -0.3 is 19.3 Å². The fourth-order valence-corrected chi connectivity index (χ4v) is 5.60. The van der Waals surface area contributed by atoms with E-state index in [1.807, 2.05) is 24.3 Å². The first-order valence-electron chi connectivity index (χ1n) is 11.0. The van der Waals surface area contributed by atoms with E-state index in [-0.39, 0.29) is 10.8 Å². The maximum atomic E-state index is 13.1. The highest BCUT2D eigenvalue weighted by atomic mass is 35.5. The predicted octanol–water partition coefficient (Wildman–Crippen LogP) is 2.48. The quantitative estimate of drug-likeness (QED) is 0.615. The molecule has 2 aromatic rings. The molecule has 0 bridgehead atoms. The summed E-state index contributed by atoms with van der Waals surface area (Å²) in [7, 11) is -3.62. The Morgan fingerprint density at radius 3 is 2.30 bits per heavy atom. The van der Waals surface area contributed by atoms with Crippen molar-refractivity contribution in [1.82, 2.24) is 9.21 Å². The van der Waals surface area contributed by atoms with Crippen molar-refractivity contribution in [3.05, 3.63) is 53.6 Å². The van der Waals surface area contributed by atoms with Crippen molar-refractivity contribution >= 4 is 33.2 Å². The molecule has 2 heterocycles. The molecule has 1 amide bonds. The Kier molecular flexibility index (Phi) is 7.43. The molecule has 2 saturated heterocycles. The average Bonchev–Trinajstić information content (AvgIpc) is 2.84. The zero-order valence-electron chi connectivity index (χ0n) is 18.5. The van der Waals surface area contributed by atoms with Crippen molar-refractivity contribution in [2.75, 3.05) is 57.4 Å². The number of ether oxygens (including phenoxy) is 2. The van der Waals surface area contributed by atoms with Gasteiger partial charge in [0.1, 0.15) is 5.75 Å². The molecule has 10 heteroatoms. The monoisotopic (exact) mass is 493 g/mol. The predicted molar refractivity (Wildman–Crippen MR) is 126 cm³/mol. The van der Waals surface area contributed by atoms with Gasteiger partial charge in [0.15, 0.2) is 6.10 Å². The van der Waals surface area contributed by atoms with Crippen LogP contribution in [0.3, 0.4) is 0 Å². The first-order chi connectivity index (χ1) is 15.8. The molecule has 2 aliphatic rings. The Balaban J connectivity index is 1.35. The Morgan fingerprint density at radius 1 is 1.00 bits per heavy atom. The maximum absolute atomic E-state index is 13.1. The summed E-state index contributed by atoms with van der Waals surface area (Å²) in [5.41, 5.74) is 0.988. The third-order valence-electron chi connectivity index (χ3n) is 5.86. The fraction of sp³-hybridized carbons (Fsp3) is 0.435. The van der Waals surface area contributed by atoms with E-state index >= 15 is 0 Å². The highest BCUT2D eigenvalue weighted by Crippen LogP contribution is 2.25. The number of amides is 1. The zero-order valence-corrected chi connectivity index (χ0v) is 20.1. The molecule has 0 spiro atoms. The minimum Gasteiger partial charge on any atom is -0.481 e. The van der Waals surface area contributed by atoms with Crippen LogP contribution in [0.15, 0.2) is 53.4 Å². The van der Waals surface area contributed by atoms with Crippen LogP contribution in [0.25, 0.3) is 0 Å². The maximum Gasteiger partial charge on any atom is 0.263 e. The van der Waals surface area contributed by atoms with Gasteiger partial charge in [-0.15, -0.1) is 0 Å². The number of nitrogens with zero attached hydrogens (tertiary/aromatic N) is 3. The van der Waals surface area contributed by atoms with Crippen LogP contribution in [-0.2, 0) is 19.6 Å². The molecule has 33 heavy (non-hydrogen) atoms. The highest BCUT2D eigenvalue weighted by molar-refractivity contribution is 7.89. The molecule has 2 fully saturated rings. The zero-order chi connectivity index (χ0) is 23.4. The highest BCUT2D eigenvalue weighted by Gasteiger charge is 2.29. The number of anilines is 1. The number of halogens is 1. The number of sulfonamides is 1. The van der Waals surface area contributed by atoms with Crippen LogP contribution >= 0.6 is 11.6 Å². The molecule has 0 N–H and O–H groups in total. The number of hydrogen-bond donors (Lipinski definition) is 0. The van der Waals surface area contributed by atoms with Crippen LogP contribution in [0.1, 0.15) is 6.92 Å². The minimum atomic E-state index is -3.62. The summed E-state index contributed by atoms with van der Waals surface area (Å²) >= 11 is 6.08. The van der Waals surface area contributed by atoms with E-state index in [4.69, 9.17) is 21.1 Å². The molecule has 2 aromatic carbocycles. The first-order valence-corrected chi connectivity index (χ1v) is 12.8. The van der Waals surface area contributed by atoms with Gasteiger partial charge in [0, 0.05) is 50.0 Å². The summed E-state index contributed by atoms with van der Waals surface area (Å²) in [5.74, 6) is 0.349. The van der Waals surface area contributed by atoms with Gasteiger partial charge in [-0.1, -0.05) is 17.7 Å². The lowest BCUT2D eigenvalue weighted by molar-refractivity contribution is -0.142. The summed E-state index contributed by atoms with van der Waals surface area (Å²) in [5, 5.41) is 0.658. The van der Waals surface area contributed by atoms with E-state index < -0.39 is 16.1 Å². The second kappa shape index (κ2) is 10.3. The molecular formula is C23H28ClN3O5S. The SMILES string of the molecule is C[C@H](Oc1ccc(S(=O)(=O)N2CCN(c3cccc(Cl)c3)CC2)cc1)C(=O)N1CCOCC1. The van der Waals surface area contributed by atoms with Crippen LogP contribution in [0.2, 0.25) is 5.02 Å². The number of morpholine rings is 1. The van der Waals surface area contributed by atoms with Crippen molar-refractivity contribution in [1.29, 1.82) is 0 Å². The largest absolute Gasteiger partial charge is 0.481 e. The fourth-order valence-electron chi connectivity index (χ4n) is 3.99. The van der Waals surface area contributed by atoms with Gasteiger partial charge in [-0.05, 0) is 49.4 Å². The van der Waals surface area contributed by atoms with Gasteiger partial charge in [0.2, 0.25) is 10.0 Å². The van der Waals surface area contributed by atoms with Gasteiger partial charge in [-0.25, -0.2) is 8.42 Å². The standard InChI is InChI=1S/C23H28ClN3O5S/c1-18(23(28)26-13-15-31-16-14-26)32-21-5-7-22(8-6-21)33(29,30)27-11-9-25(10-12-27)20-4-2-3-19(24)17-20/h2-8,17-18H,9-16H2,1H3/t18-/m0/s1. The molecular weight excluding hydrogens is 466 g/mol. The van der Waals surface area contributed by atoms with Gasteiger partial charge in [0.05, 0.1) is 18.1 Å². The molecule has 0 saturated carbocycles. The summed E-state index contributed by atoms with van der Waals surface area (Å²) in [6.07, 6.45) is -0.662. The lowest BCUT2D eigenvalue weighted by Crippen LogP contribution is -2.48. The summed E-state index contributed by atoms with van der Waals surface area (Å²) in [6.45, 7) is 5.79. The normalized spacial score (nSPS) is 18.7. The molecule has 0 unspecified atom stereocenters. The van der Waals surface area contributed by atoms with Crippen molar-refractivity contribution in [3.8, 4) is 5.75 Å². The van der Waals surface area contributed by atoms with E-state index in [2.05, 4.69) is 4.90 Å². The van der Waals surface area contributed by atoms with E-state index in [9.17, 15) is 13.2 Å². The van der Waals surface area contributed by atoms with E-state index in [0.717, 1.165) is 5.69 Å². The van der Waals surface area contributed by atoms with Gasteiger partial charge >= 0.3 is 0 Å². The summed E-state index contributed by atoms with van der Waals surface area (Å²) in [4.78, 5) is 16.6. The third kappa shape index (κ3) is 5.60. The molecule has 0 radical (unpaired) electrons. The van der Waals surface area contributed by atoms with Gasteiger partial charge in [-0.2, -0.15) is 4.31 Å². The Bertz CT molecular complexity index is 1070. The van der Waals surface area contributed by atoms with E-state index in [0.29, 0.717) is 63.3 Å². The second-order valence-corrected chi connectivity index (χ2v) is 10.4. The lowest BCUT2D eigenvalue weighted by atomic mass is 10.2. The molecule has 1 atom stereocenters. The van der Waals surface area contributed by atoms with Crippen LogP contribution in [0.5, 0.6) is 5.75 Å². The number of hydrogen-bond acceptors (Lipinski definition) is 6. The minimum absolute atomic E-state index is 0.104. The van der Waals surface area contributed by atoms with Crippen LogP contribution in [-0.4, -0.2) is 82.1 Å². The van der Waals surface area contributed by atoms with Gasteiger partial charge in [0.25, 0.3) is 5.91 Å². The van der Waals surface area contributed by atoms with Crippen molar-refractivity contribution < 1.29 is 22.7 Å². The number of piperazine rings is 1. The van der Waals surface area contributed by atoms with Crippen LogP contribution in [0, 0.1) is 0 Å². The van der Waals surface area contributed by atoms with Crippen LogP contribution < -0.4 is 9.64 Å². The number of rotatable bonds is 6. The summed E-state index contributed by atoms with van der Waals surface area (Å²) < 4.78 is 38.7. The Morgan fingerprint density at radius 2 is 1.67 bits per heavy atom. The van der Waals surface area contributed by atoms with Crippen molar-refractivity contribution in [2.24, 2.45) is 0 Å². The average molecular weight is 494 g/mol. The van der Waals surface area contributed by atoms with Crippen molar-refractivity contribution in [3.63, 3.8) is 0 Å². The first kappa shape index (κ1) is 23.8. The molecule has 8 nitrogen and oxygen atoms in total. The Hall–Kier alpha value is -2.33. The summed E-state index contributed by atoms with van der Waals surface area (Å²) in [6, 6.07) is 13.8. The molecule has 4 rings (SSSR count). The van der Waals surface area contributed by atoms with Crippen molar-refractivity contribution in [2.45, 2.75) is 17.9 Å². The third-order valence-corrected chi connectivity index (χ3v) is 8.00. The molecule has 0 aliphatic carbocycles. The smallest absolute Gasteiger partial charge is 0.263 e. The number of carbonyl (C=O) groups excluding carboxylic acids is 1. The second-order valence-electron chi connectivity index (χ2n) is 8.04. The molecule has 2 aliphatic heterocycles. The number of carbonyl (C=O) groups is 1. The van der Waals surface area contributed by atoms with Gasteiger partial charge in [-0.3, -0.25) is 4.79 Å². The van der Waals surface area contributed by atoms with E-state index in [1.165, 1.54) is 16.4 Å².